The fourth-order valence-corrected chi connectivity index (χ4v) is 3.96. The molecule has 3 aromatic rings. The minimum atomic E-state index is 0. The zero-order valence-corrected chi connectivity index (χ0v) is 26.0. The van der Waals surface area contributed by atoms with Gasteiger partial charge in [0.2, 0.25) is 0 Å². The number of rotatable bonds is 10. The summed E-state index contributed by atoms with van der Waals surface area (Å²) in [6, 6.07) is 21.9. The van der Waals surface area contributed by atoms with Gasteiger partial charge >= 0.3 is 32.7 Å². The Labute approximate surface area is 255 Å². The summed E-state index contributed by atoms with van der Waals surface area (Å²) in [4.78, 5) is 4.26. The first kappa shape index (κ1) is 32.5. The number of para-hydroxylation sites is 2. The molecule has 0 aromatic heterocycles. The van der Waals surface area contributed by atoms with Crippen LogP contribution in [0.2, 0.25) is 20.1 Å². The predicted molar refractivity (Wildman–Crippen MR) is 149 cm³/mol. The Balaban J connectivity index is 0.000000468. The van der Waals surface area contributed by atoms with E-state index in [0.29, 0.717) is 44.6 Å². The summed E-state index contributed by atoms with van der Waals surface area (Å²) >= 11 is 24.4. The van der Waals surface area contributed by atoms with Crippen LogP contribution in [0.3, 0.4) is 0 Å². The van der Waals surface area contributed by atoms with Crippen LogP contribution in [0.4, 0.5) is 11.4 Å². The second-order valence-electron chi connectivity index (χ2n) is 7.83. The van der Waals surface area contributed by atoms with Crippen LogP contribution in [-0.4, -0.2) is 57.1 Å². The Morgan fingerprint density at radius 2 is 1.14 bits per heavy atom. The summed E-state index contributed by atoms with van der Waals surface area (Å²) in [5, 5.41) is 11.2. The second kappa shape index (κ2) is 17.8. The summed E-state index contributed by atoms with van der Waals surface area (Å²) in [5.74, 6) is 0. The molecule has 0 saturated carbocycles. The summed E-state index contributed by atoms with van der Waals surface area (Å²) in [7, 11) is 6.12. The van der Waals surface area contributed by atoms with Crippen molar-refractivity contribution >= 4 is 57.8 Å². The minimum Gasteiger partial charge on any atom is -0.681 e. The fraction of sp³-hybridized carbons (Fsp3) is 0.308. The maximum absolute atomic E-state index is 6.09. The van der Waals surface area contributed by atoms with E-state index in [1.54, 1.807) is 36.4 Å². The molecule has 35 heavy (non-hydrogen) atoms. The van der Waals surface area contributed by atoms with Crippen LogP contribution in [0.15, 0.2) is 60.7 Å². The molecule has 0 spiro atoms. The van der Waals surface area contributed by atoms with Gasteiger partial charge in [0, 0.05) is 26.6 Å². The molecule has 0 heterocycles. The van der Waals surface area contributed by atoms with E-state index in [4.69, 9.17) is 46.4 Å². The molecule has 4 nitrogen and oxygen atoms in total. The van der Waals surface area contributed by atoms with Gasteiger partial charge in [0.15, 0.2) is 0 Å². The van der Waals surface area contributed by atoms with Crippen molar-refractivity contribution in [1.82, 2.24) is 9.80 Å². The smallest absolute Gasteiger partial charge is 0.681 e. The molecule has 0 radical (unpaired) electrons. The van der Waals surface area contributed by atoms with E-state index < -0.39 is 0 Å². The van der Waals surface area contributed by atoms with Gasteiger partial charge in [-0.25, -0.2) is 0 Å². The average Bonchev–Trinajstić information content (AvgIpc) is 2.78. The summed E-state index contributed by atoms with van der Waals surface area (Å²) in [6.45, 7) is 3.72. The van der Waals surface area contributed by atoms with E-state index >= 15 is 0 Å². The van der Waals surface area contributed by atoms with E-state index in [9.17, 15) is 0 Å². The molecule has 184 valence electrons. The molecule has 3 aromatic carbocycles. The van der Waals surface area contributed by atoms with Gasteiger partial charge in [-0.1, -0.05) is 58.5 Å². The summed E-state index contributed by atoms with van der Waals surface area (Å²) < 4.78 is 0. The van der Waals surface area contributed by atoms with Gasteiger partial charge in [0.05, 0.1) is 0 Å². The van der Waals surface area contributed by atoms with E-state index in [2.05, 4.69) is 46.7 Å². The van der Waals surface area contributed by atoms with Gasteiger partial charge < -0.3 is 20.4 Å². The zero-order chi connectivity index (χ0) is 24.9. The van der Waals surface area contributed by atoms with Crippen molar-refractivity contribution in [3.8, 4) is 0 Å². The van der Waals surface area contributed by atoms with Gasteiger partial charge in [-0.3, -0.25) is 0 Å². The Morgan fingerprint density at radius 3 is 1.51 bits per heavy atom. The molecular weight excluding hydrogens is 599 g/mol. The van der Waals surface area contributed by atoms with Crippen LogP contribution < -0.4 is 0 Å². The predicted octanol–water partition coefficient (Wildman–Crippen LogP) is 8.49. The maximum atomic E-state index is 6.09. The largest absolute Gasteiger partial charge is 3.00 e. The van der Waals surface area contributed by atoms with Gasteiger partial charge in [-0.15, -0.1) is 30.0 Å². The zero-order valence-electron chi connectivity index (χ0n) is 20.2. The average molecular weight is 628 g/mol. The van der Waals surface area contributed by atoms with E-state index in [0.717, 1.165) is 19.6 Å². The number of hydrogen-bond donors (Lipinski definition) is 0. The Hall–Kier alpha value is -0.556. The SMILES string of the molecule is CN(C)Cc1[c-]cccc1.CN(CC[N-]c1c(Cl)cccc1Cl)CC[N-]c1c(Cl)cccc1Cl.[Y+3]. The standard InChI is InChI=1S/C17H17Cl4N3.C9H12N.Y/c1-24(10-8-22-16-12(18)4-2-5-13(16)19)11-9-23-17-14(20)6-3-7-15(17)21;1-10(2)8-9-6-4-3-5-7-9;/h2-7H,8-11H2,1H3;3-6H,8H2,1-2H3;/q-2;-1;+3. The number of likely N-dealkylation sites (N-methyl/N-ethyl adjacent to an activating group) is 1. The molecule has 0 amide bonds. The fourth-order valence-electron chi connectivity index (χ4n) is 2.93. The number of nitrogens with zero attached hydrogens (tertiary/aromatic N) is 4. The van der Waals surface area contributed by atoms with Crippen LogP contribution in [0.5, 0.6) is 0 Å². The van der Waals surface area contributed by atoms with Gasteiger partial charge in [0.25, 0.3) is 0 Å². The van der Waals surface area contributed by atoms with E-state index in [1.807, 2.05) is 25.2 Å². The van der Waals surface area contributed by atoms with Crippen LogP contribution in [0.1, 0.15) is 5.56 Å². The van der Waals surface area contributed by atoms with Gasteiger partial charge in [0.1, 0.15) is 0 Å². The van der Waals surface area contributed by atoms with E-state index in [-0.39, 0.29) is 32.7 Å². The summed E-state index contributed by atoms with van der Waals surface area (Å²) in [6.07, 6.45) is 0. The first-order chi connectivity index (χ1) is 16.3. The first-order valence-electron chi connectivity index (χ1n) is 10.8. The Morgan fingerprint density at radius 1 is 0.686 bits per heavy atom. The first-order valence-corrected chi connectivity index (χ1v) is 12.3. The maximum Gasteiger partial charge on any atom is 3.00 e. The van der Waals surface area contributed by atoms with Crippen molar-refractivity contribution in [2.45, 2.75) is 6.54 Å². The minimum absolute atomic E-state index is 0. The molecule has 0 aliphatic rings. The number of hydrogen-bond acceptors (Lipinski definition) is 2. The molecule has 0 aliphatic heterocycles. The molecule has 0 aliphatic carbocycles. The van der Waals surface area contributed by atoms with Crippen molar-refractivity contribution in [1.29, 1.82) is 0 Å². The molecule has 0 N–H and O–H groups in total. The van der Waals surface area contributed by atoms with Crippen LogP contribution in [-0.2, 0) is 39.3 Å². The number of halogens is 4. The normalized spacial score (nSPS) is 10.4. The van der Waals surface area contributed by atoms with Crippen LogP contribution in [0, 0.1) is 6.07 Å². The molecule has 0 bridgehead atoms. The van der Waals surface area contributed by atoms with Gasteiger partial charge in [-0.2, -0.15) is 30.3 Å². The molecule has 9 heteroatoms. The monoisotopic (exact) mass is 626 g/mol. The van der Waals surface area contributed by atoms with E-state index in [1.165, 1.54) is 5.56 Å². The number of benzene rings is 3. The third kappa shape index (κ3) is 12.5. The van der Waals surface area contributed by atoms with Crippen molar-refractivity contribution in [3.05, 3.63) is 103 Å². The molecule has 0 fully saturated rings. The molecule has 3 rings (SSSR count). The van der Waals surface area contributed by atoms with Crippen molar-refractivity contribution in [2.75, 3.05) is 47.3 Å². The molecule has 0 saturated heterocycles. The topological polar surface area (TPSA) is 34.7 Å². The van der Waals surface area contributed by atoms with Crippen LogP contribution >= 0.6 is 46.4 Å². The molecular formula is C26H29Cl4N4Y. The summed E-state index contributed by atoms with van der Waals surface area (Å²) in [5.41, 5.74) is 2.52. The third-order valence-corrected chi connectivity index (χ3v) is 5.86. The second-order valence-corrected chi connectivity index (χ2v) is 9.46. The quantitative estimate of drug-likeness (QED) is 0.211. The Bertz CT molecular complexity index is 908. The third-order valence-electron chi connectivity index (χ3n) is 4.64. The van der Waals surface area contributed by atoms with Crippen molar-refractivity contribution in [2.24, 2.45) is 0 Å². The Kier molecular flexibility index (Phi) is 16.5. The van der Waals surface area contributed by atoms with Crippen molar-refractivity contribution < 1.29 is 32.7 Å². The van der Waals surface area contributed by atoms with Crippen molar-refractivity contribution in [3.63, 3.8) is 0 Å². The van der Waals surface area contributed by atoms with Gasteiger partial charge in [-0.05, 0) is 58.5 Å². The molecule has 0 atom stereocenters. The van der Waals surface area contributed by atoms with Crippen LogP contribution in [0.25, 0.3) is 10.6 Å². The molecule has 0 unspecified atom stereocenters.